The van der Waals surface area contributed by atoms with E-state index in [1.165, 1.54) is 0 Å². The summed E-state index contributed by atoms with van der Waals surface area (Å²) in [6.45, 7) is 4.74. The molecule has 0 atom stereocenters. The van der Waals surface area contributed by atoms with Gasteiger partial charge in [-0.05, 0) is 48.1 Å². The Morgan fingerprint density at radius 2 is 1.64 bits per heavy atom. The van der Waals surface area contributed by atoms with E-state index < -0.39 is 0 Å². The molecule has 2 aromatic rings. The van der Waals surface area contributed by atoms with Crippen LogP contribution in [-0.2, 0) is 14.3 Å². The van der Waals surface area contributed by atoms with Crippen molar-refractivity contribution in [1.29, 1.82) is 0 Å². The standard InChI is InChI=1S/C21H26O4/c1-16(2)7-6-14-24-20(22)10-5-11-21(23)25-19-13-12-17-8-3-4-9-18(17)15-19/h3-4,8-9,12-13,15-16H,5-7,10-11,14H2,1-2H3. The van der Waals surface area contributed by atoms with Crippen molar-refractivity contribution in [2.75, 3.05) is 6.61 Å². The molecule has 0 aliphatic rings. The van der Waals surface area contributed by atoms with Gasteiger partial charge in [0.25, 0.3) is 0 Å². The summed E-state index contributed by atoms with van der Waals surface area (Å²) >= 11 is 0. The van der Waals surface area contributed by atoms with Crippen LogP contribution in [0.15, 0.2) is 42.5 Å². The van der Waals surface area contributed by atoms with Crippen molar-refractivity contribution in [3.8, 4) is 5.75 Å². The minimum atomic E-state index is -0.331. The van der Waals surface area contributed by atoms with Crippen LogP contribution in [0, 0.1) is 5.92 Å². The molecule has 0 unspecified atom stereocenters. The molecule has 0 amide bonds. The van der Waals surface area contributed by atoms with E-state index in [9.17, 15) is 9.59 Å². The number of hydrogen-bond donors (Lipinski definition) is 0. The lowest BCUT2D eigenvalue weighted by Crippen LogP contribution is -2.10. The summed E-state index contributed by atoms with van der Waals surface area (Å²) in [5.74, 6) is 0.564. The van der Waals surface area contributed by atoms with Crippen LogP contribution in [0.25, 0.3) is 10.8 Å². The highest BCUT2D eigenvalue weighted by Crippen LogP contribution is 2.21. The highest BCUT2D eigenvalue weighted by molar-refractivity contribution is 5.84. The van der Waals surface area contributed by atoms with Crippen molar-refractivity contribution in [3.05, 3.63) is 42.5 Å². The fourth-order valence-corrected chi connectivity index (χ4v) is 2.54. The smallest absolute Gasteiger partial charge is 0.311 e. The van der Waals surface area contributed by atoms with Crippen LogP contribution in [0.3, 0.4) is 0 Å². The highest BCUT2D eigenvalue weighted by Gasteiger charge is 2.09. The number of ether oxygens (including phenoxy) is 2. The number of carbonyl (C=O) groups excluding carboxylic acids is 2. The highest BCUT2D eigenvalue weighted by atomic mass is 16.5. The van der Waals surface area contributed by atoms with E-state index in [1.807, 2.05) is 36.4 Å². The largest absolute Gasteiger partial charge is 0.466 e. The molecule has 0 aliphatic carbocycles. The van der Waals surface area contributed by atoms with Crippen LogP contribution in [-0.4, -0.2) is 18.5 Å². The summed E-state index contributed by atoms with van der Waals surface area (Å²) in [6.07, 6.45) is 2.82. The van der Waals surface area contributed by atoms with Crippen LogP contribution in [0.5, 0.6) is 5.75 Å². The summed E-state index contributed by atoms with van der Waals surface area (Å²) < 4.78 is 10.5. The van der Waals surface area contributed by atoms with Gasteiger partial charge in [0.15, 0.2) is 0 Å². The lowest BCUT2D eigenvalue weighted by atomic mass is 10.1. The van der Waals surface area contributed by atoms with E-state index in [2.05, 4.69) is 13.8 Å². The summed E-state index contributed by atoms with van der Waals surface area (Å²) in [6, 6.07) is 13.4. The molecule has 0 bridgehead atoms. The first-order valence-electron chi connectivity index (χ1n) is 8.89. The third kappa shape index (κ3) is 6.96. The minimum Gasteiger partial charge on any atom is -0.466 e. The monoisotopic (exact) mass is 342 g/mol. The zero-order valence-corrected chi connectivity index (χ0v) is 15.0. The summed E-state index contributed by atoms with van der Waals surface area (Å²) in [4.78, 5) is 23.5. The van der Waals surface area contributed by atoms with Crippen molar-refractivity contribution in [1.82, 2.24) is 0 Å². The summed E-state index contributed by atoms with van der Waals surface area (Å²) in [7, 11) is 0. The van der Waals surface area contributed by atoms with Crippen LogP contribution in [0.2, 0.25) is 0 Å². The van der Waals surface area contributed by atoms with E-state index in [-0.39, 0.29) is 24.8 Å². The molecule has 25 heavy (non-hydrogen) atoms. The summed E-state index contributed by atoms with van der Waals surface area (Å²) in [5.41, 5.74) is 0. The molecule has 0 spiro atoms. The summed E-state index contributed by atoms with van der Waals surface area (Å²) in [5, 5.41) is 2.13. The van der Waals surface area contributed by atoms with Gasteiger partial charge in [-0.3, -0.25) is 9.59 Å². The molecule has 0 aromatic heterocycles. The third-order valence-electron chi connectivity index (χ3n) is 3.90. The molecule has 134 valence electrons. The van der Waals surface area contributed by atoms with Gasteiger partial charge in [-0.15, -0.1) is 0 Å². The average molecular weight is 342 g/mol. The van der Waals surface area contributed by atoms with Gasteiger partial charge in [0.2, 0.25) is 0 Å². The molecule has 0 fully saturated rings. The van der Waals surface area contributed by atoms with Gasteiger partial charge in [0.05, 0.1) is 6.61 Å². The molecule has 0 aliphatic heterocycles. The minimum absolute atomic E-state index is 0.202. The molecule has 0 radical (unpaired) electrons. The third-order valence-corrected chi connectivity index (χ3v) is 3.90. The topological polar surface area (TPSA) is 52.6 Å². The Hall–Kier alpha value is -2.36. The molecule has 2 rings (SSSR count). The van der Waals surface area contributed by atoms with Crippen molar-refractivity contribution >= 4 is 22.7 Å². The maximum Gasteiger partial charge on any atom is 0.311 e. The van der Waals surface area contributed by atoms with Gasteiger partial charge in [0.1, 0.15) is 5.75 Å². The van der Waals surface area contributed by atoms with E-state index in [4.69, 9.17) is 9.47 Å². The molecule has 0 N–H and O–H groups in total. The fraction of sp³-hybridized carbons (Fsp3) is 0.429. The van der Waals surface area contributed by atoms with Crippen LogP contribution >= 0.6 is 0 Å². The fourth-order valence-electron chi connectivity index (χ4n) is 2.54. The van der Waals surface area contributed by atoms with Crippen LogP contribution in [0.4, 0.5) is 0 Å². The quantitative estimate of drug-likeness (QED) is 0.370. The molecule has 0 saturated heterocycles. The van der Waals surface area contributed by atoms with Gasteiger partial charge in [0, 0.05) is 12.8 Å². The molecule has 4 heteroatoms. The van der Waals surface area contributed by atoms with Crippen molar-refractivity contribution in [2.45, 2.75) is 46.0 Å². The number of fused-ring (bicyclic) bond motifs is 1. The predicted molar refractivity (Wildman–Crippen MR) is 98.5 cm³/mol. The van der Waals surface area contributed by atoms with E-state index in [0.29, 0.717) is 24.7 Å². The van der Waals surface area contributed by atoms with E-state index in [0.717, 1.165) is 23.6 Å². The van der Waals surface area contributed by atoms with Crippen molar-refractivity contribution in [2.24, 2.45) is 5.92 Å². The lowest BCUT2D eigenvalue weighted by Gasteiger charge is -2.07. The Morgan fingerprint density at radius 1 is 0.920 bits per heavy atom. The second-order valence-electron chi connectivity index (χ2n) is 6.59. The molecule has 2 aromatic carbocycles. The Morgan fingerprint density at radius 3 is 2.40 bits per heavy atom. The van der Waals surface area contributed by atoms with E-state index >= 15 is 0 Å². The van der Waals surface area contributed by atoms with Crippen LogP contribution < -0.4 is 4.74 Å². The van der Waals surface area contributed by atoms with Crippen molar-refractivity contribution < 1.29 is 19.1 Å². The van der Waals surface area contributed by atoms with Gasteiger partial charge < -0.3 is 9.47 Å². The molecule has 4 nitrogen and oxygen atoms in total. The van der Waals surface area contributed by atoms with Crippen molar-refractivity contribution in [3.63, 3.8) is 0 Å². The first-order chi connectivity index (χ1) is 12.0. The number of esters is 2. The molecular formula is C21H26O4. The van der Waals surface area contributed by atoms with Gasteiger partial charge in [-0.2, -0.15) is 0 Å². The first-order valence-corrected chi connectivity index (χ1v) is 8.89. The maximum absolute atomic E-state index is 11.9. The Labute approximate surface area is 149 Å². The number of hydrogen-bond acceptors (Lipinski definition) is 4. The maximum atomic E-state index is 11.9. The molecule has 0 heterocycles. The van der Waals surface area contributed by atoms with Gasteiger partial charge in [-0.25, -0.2) is 0 Å². The zero-order chi connectivity index (χ0) is 18.1. The lowest BCUT2D eigenvalue weighted by molar-refractivity contribution is -0.144. The van der Waals surface area contributed by atoms with Gasteiger partial charge >= 0.3 is 11.9 Å². The second-order valence-corrected chi connectivity index (χ2v) is 6.59. The predicted octanol–water partition coefficient (Wildman–Crippen LogP) is 4.89. The molecule has 0 saturated carbocycles. The number of benzene rings is 2. The van der Waals surface area contributed by atoms with E-state index in [1.54, 1.807) is 6.07 Å². The Balaban J connectivity index is 1.67. The van der Waals surface area contributed by atoms with Crippen LogP contribution in [0.1, 0.15) is 46.0 Å². The SMILES string of the molecule is CC(C)CCCOC(=O)CCCC(=O)Oc1ccc2ccccc2c1. The number of rotatable bonds is 9. The zero-order valence-electron chi connectivity index (χ0n) is 15.0. The molecular weight excluding hydrogens is 316 g/mol. The van der Waals surface area contributed by atoms with Gasteiger partial charge in [-0.1, -0.05) is 44.2 Å². The first kappa shape index (κ1) is 19.0. The Bertz CT molecular complexity index is 706. The second kappa shape index (κ2) is 9.82. The Kier molecular flexibility index (Phi) is 7.45. The average Bonchev–Trinajstić information content (AvgIpc) is 2.58. The normalized spacial score (nSPS) is 10.8. The number of carbonyl (C=O) groups is 2.